The summed E-state index contributed by atoms with van der Waals surface area (Å²) in [7, 11) is 3.43. The minimum Gasteiger partial charge on any atom is -0.320 e. The molecule has 0 aliphatic carbocycles. The quantitative estimate of drug-likeness (QED) is 0.805. The van der Waals surface area contributed by atoms with Gasteiger partial charge in [-0.2, -0.15) is 0 Å². The molecule has 2 rings (SSSR count). The number of urea groups is 1. The van der Waals surface area contributed by atoms with Gasteiger partial charge in [0.1, 0.15) is 0 Å². The van der Waals surface area contributed by atoms with Crippen molar-refractivity contribution in [1.82, 2.24) is 19.6 Å². The van der Waals surface area contributed by atoms with E-state index in [1.165, 1.54) is 9.58 Å². The van der Waals surface area contributed by atoms with Gasteiger partial charge in [-0.3, -0.25) is 24.3 Å². The zero-order valence-corrected chi connectivity index (χ0v) is 11.3. The Morgan fingerprint density at radius 2 is 2.00 bits per heavy atom. The van der Waals surface area contributed by atoms with Crippen molar-refractivity contribution in [3.05, 3.63) is 22.1 Å². The summed E-state index contributed by atoms with van der Waals surface area (Å²) in [6.07, 6.45) is 2.03. The molecule has 3 amide bonds. The summed E-state index contributed by atoms with van der Waals surface area (Å²) >= 11 is 0. The van der Waals surface area contributed by atoms with Gasteiger partial charge in [0.05, 0.1) is 12.1 Å². The Morgan fingerprint density at radius 1 is 1.32 bits per heavy atom. The average Bonchev–Trinajstić information content (AvgIpc) is 2.48. The number of carbonyl (C=O) groups is 2. The molecule has 1 aliphatic rings. The maximum atomic E-state index is 11.9. The molecule has 1 aromatic rings. The van der Waals surface area contributed by atoms with E-state index in [0.29, 0.717) is 18.5 Å². The van der Waals surface area contributed by atoms with E-state index in [4.69, 9.17) is 0 Å². The molecule has 19 heavy (non-hydrogen) atoms. The van der Waals surface area contributed by atoms with Crippen molar-refractivity contribution in [3.63, 3.8) is 0 Å². The van der Waals surface area contributed by atoms with Gasteiger partial charge < -0.3 is 4.90 Å². The van der Waals surface area contributed by atoms with Crippen molar-refractivity contribution in [1.29, 1.82) is 0 Å². The standard InChI is InChI=1S/C12H18N4O3/c1-8-4-10(17)13-12(19)16(5-8)7-9-6-14(2)15(3)11(9)18/h6,8H,4-5,7H2,1-3H3,(H,13,17,19). The van der Waals surface area contributed by atoms with Gasteiger partial charge in [-0.15, -0.1) is 0 Å². The van der Waals surface area contributed by atoms with Gasteiger partial charge >= 0.3 is 6.03 Å². The Balaban J connectivity index is 2.21. The molecule has 0 aromatic carbocycles. The van der Waals surface area contributed by atoms with Crippen LogP contribution in [0.1, 0.15) is 18.9 Å². The second-order valence-corrected chi connectivity index (χ2v) is 5.10. The van der Waals surface area contributed by atoms with Crippen molar-refractivity contribution in [2.75, 3.05) is 6.54 Å². The van der Waals surface area contributed by atoms with Gasteiger partial charge in [-0.05, 0) is 5.92 Å². The number of amides is 3. The Morgan fingerprint density at radius 3 is 2.58 bits per heavy atom. The van der Waals surface area contributed by atoms with Crippen LogP contribution in [0.4, 0.5) is 4.79 Å². The van der Waals surface area contributed by atoms with Crippen molar-refractivity contribution in [2.24, 2.45) is 20.0 Å². The lowest BCUT2D eigenvalue weighted by Crippen LogP contribution is -2.40. The van der Waals surface area contributed by atoms with Crippen LogP contribution < -0.4 is 10.9 Å². The van der Waals surface area contributed by atoms with E-state index in [0.717, 1.165) is 0 Å². The highest BCUT2D eigenvalue weighted by atomic mass is 16.2. The van der Waals surface area contributed by atoms with Crippen LogP contribution in [0.3, 0.4) is 0 Å². The van der Waals surface area contributed by atoms with Gasteiger partial charge in [0.2, 0.25) is 5.91 Å². The fourth-order valence-electron chi connectivity index (χ4n) is 2.26. The van der Waals surface area contributed by atoms with Crippen LogP contribution in [0.15, 0.2) is 11.0 Å². The van der Waals surface area contributed by atoms with Crippen LogP contribution in [0.2, 0.25) is 0 Å². The van der Waals surface area contributed by atoms with Gasteiger partial charge in [0, 0.05) is 33.3 Å². The van der Waals surface area contributed by atoms with Crippen LogP contribution in [0, 0.1) is 5.92 Å². The maximum Gasteiger partial charge on any atom is 0.324 e. The minimum atomic E-state index is -0.430. The van der Waals surface area contributed by atoms with Gasteiger partial charge in [-0.25, -0.2) is 4.79 Å². The zero-order valence-electron chi connectivity index (χ0n) is 11.3. The molecule has 1 N–H and O–H groups in total. The number of aryl methyl sites for hydroxylation is 1. The second kappa shape index (κ2) is 4.91. The number of carbonyl (C=O) groups excluding carboxylic acids is 2. The smallest absolute Gasteiger partial charge is 0.320 e. The molecule has 0 bridgehead atoms. The molecule has 1 saturated heterocycles. The molecule has 1 unspecified atom stereocenters. The first-order valence-electron chi connectivity index (χ1n) is 6.18. The van der Waals surface area contributed by atoms with Crippen LogP contribution in [0.25, 0.3) is 0 Å². The molecular weight excluding hydrogens is 248 g/mol. The number of aromatic nitrogens is 2. The van der Waals surface area contributed by atoms with Crippen molar-refractivity contribution in [3.8, 4) is 0 Å². The van der Waals surface area contributed by atoms with E-state index in [9.17, 15) is 14.4 Å². The zero-order chi connectivity index (χ0) is 14.2. The van der Waals surface area contributed by atoms with Gasteiger partial charge in [0.25, 0.3) is 5.56 Å². The molecule has 1 aromatic heterocycles. The van der Waals surface area contributed by atoms with Crippen molar-refractivity contribution < 1.29 is 9.59 Å². The number of nitrogens with zero attached hydrogens (tertiary/aromatic N) is 3. The third-order valence-corrected chi connectivity index (χ3v) is 3.35. The molecule has 0 radical (unpaired) electrons. The summed E-state index contributed by atoms with van der Waals surface area (Å²) in [5.41, 5.74) is 0.417. The summed E-state index contributed by atoms with van der Waals surface area (Å²) in [6, 6.07) is -0.430. The monoisotopic (exact) mass is 266 g/mol. The summed E-state index contributed by atoms with van der Waals surface area (Å²) in [4.78, 5) is 36.7. The Hall–Kier alpha value is -2.05. The Kier molecular flexibility index (Phi) is 3.46. The van der Waals surface area contributed by atoms with Gasteiger partial charge in [0.15, 0.2) is 0 Å². The number of hydrogen-bond donors (Lipinski definition) is 1. The predicted molar refractivity (Wildman–Crippen MR) is 68.4 cm³/mol. The van der Waals surface area contributed by atoms with E-state index < -0.39 is 6.03 Å². The summed E-state index contributed by atoms with van der Waals surface area (Å²) in [5.74, 6) is -0.181. The van der Waals surface area contributed by atoms with E-state index in [1.807, 2.05) is 6.92 Å². The van der Waals surface area contributed by atoms with Crippen LogP contribution in [-0.4, -0.2) is 32.7 Å². The molecule has 104 valence electrons. The van der Waals surface area contributed by atoms with Gasteiger partial charge in [-0.1, -0.05) is 6.92 Å². The Labute approximate surface area is 110 Å². The summed E-state index contributed by atoms with van der Waals surface area (Å²) in [5, 5.41) is 2.32. The fourth-order valence-corrected chi connectivity index (χ4v) is 2.26. The largest absolute Gasteiger partial charge is 0.324 e. The second-order valence-electron chi connectivity index (χ2n) is 5.10. The highest BCUT2D eigenvalue weighted by Gasteiger charge is 2.26. The SMILES string of the molecule is CC1CC(=O)NC(=O)N(Cc2cn(C)n(C)c2=O)C1. The topological polar surface area (TPSA) is 76.3 Å². The van der Waals surface area contributed by atoms with Crippen molar-refractivity contribution >= 4 is 11.9 Å². The minimum absolute atomic E-state index is 0.0824. The lowest BCUT2D eigenvalue weighted by molar-refractivity contribution is -0.120. The number of imide groups is 1. The fraction of sp³-hybridized carbons (Fsp3) is 0.583. The van der Waals surface area contributed by atoms with Crippen LogP contribution in [-0.2, 0) is 25.4 Å². The first-order chi connectivity index (χ1) is 8.88. The number of hydrogen-bond acceptors (Lipinski definition) is 3. The third-order valence-electron chi connectivity index (χ3n) is 3.35. The van der Waals surface area contributed by atoms with E-state index >= 15 is 0 Å². The first-order valence-corrected chi connectivity index (χ1v) is 6.18. The molecule has 0 saturated carbocycles. The summed E-state index contributed by atoms with van der Waals surface area (Å²) in [6.45, 7) is 2.60. The molecule has 1 atom stereocenters. The van der Waals surface area contributed by atoms with Crippen LogP contribution >= 0.6 is 0 Å². The highest BCUT2D eigenvalue weighted by molar-refractivity contribution is 5.95. The van der Waals surface area contributed by atoms with E-state index in [2.05, 4.69) is 5.32 Å². The molecular formula is C12H18N4O3. The maximum absolute atomic E-state index is 11.9. The number of rotatable bonds is 2. The first kappa shape index (κ1) is 13.4. The average molecular weight is 266 g/mol. The molecule has 1 fully saturated rings. The molecule has 2 heterocycles. The summed E-state index contributed by atoms with van der Waals surface area (Å²) < 4.78 is 3.14. The van der Waals surface area contributed by atoms with Crippen molar-refractivity contribution in [2.45, 2.75) is 19.9 Å². The lowest BCUT2D eigenvalue weighted by Gasteiger charge is -2.20. The van der Waals surface area contributed by atoms with E-state index in [1.54, 1.807) is 25.0 Å². The molecule has 0 spiro atoms. The molecule has 7 heteroatoms. The normalized spacial score (nSPS) is 20.4. The third kappa shape index (κ3) is 2.69. The molecule has 7 nitrogen and oxygen atoms in total. The predicted octanol–water partition coefficient (Wildman–Crippen LogP) is -0.198. The van der Waals surface area contributed by atoms with Crippen LogP contribution in [0.5, 0.6) is 0 Å². The lowest BCUT2D eigenvalue weighted by atomic mass is 10.1. The van der Waals surface area contributed by atoms with E-state index in [-0.39, 0.29) is 23.9 Å². The molecule has 1 aliphatic heterocycles. The Bertz CT molecular complexity index is 572. The number of nitrogens with one attached hydrogen (secondary N) is 1. The highest BCUT2D eigenvalue weighted by Crippen LogP contribution is 2.12.